The van der Waals surface area contributed by atoms with Gasteiger partial charge in [-0.2, -0.15) is 13.2 Å². The molecule has 4 rings (SSSR count). The molecule has 0 spiro atoms. The number of halogens is 3. The number of anilines is 1. The van der Waals surface area contributed by atoms with E-state index in [4.69, 9.17) is 9.52 Å². The van der Waals surface area contributed by atoms with Gasteiger partial charge in [0.05, 0.1) is 5.57 Å². The average Bonchev–Trinajstić information content (AvgIpc) is 3.37. The smallest absolute Gasteiger partial charge is 0.415 e. The second kappa shape index (κ2) is 8.09. The molecule has 1 N–H and O–H groups in total. The van der Waals surface area contributed by atoms with Gasteiger partial charge in [0.15, 0.2) is 5.69 Å². The van der Waals surface area contributed by atoms with E-state index in [1.54, 1.807) is 6.20 Å². The van der Waals surface area contributed by atoms with Crippen LogP contribution in [0.4, 0.5) is 19.0 Å². The minimum atomic E-state index is -4.64. The number of hydrogen-bond donors (Lipinski definition) is 1. The van der Waals surface area contributed by atoms with Crippen LogP contribution in [-0.2, 0) is 6.54 Å². The molecular weight excluding hydrogens is 413 g/mol. The number of oxazole rings is 1. The van der Waals surface area contributed by atoms with Gasteiger partial charge in [-0.25, -0.2) is 14.8 Å². The maximum atomic E-state index is 13.7. The maximum absolute atomic E-state index is 13.7. The Morgan fingerprint density at radius 1 is 1.35 bits per heavy atom. The van der Waals surface area contributed by atoms with Gasteiger partial charge in [-0.3, -0.25) is 0 Å². The summed E-state index contributed by atoms with van der Waals surface area (Å²) in [5.41, 5.74) is -0.625. The molecule has 10 heteroatoms. The van der Waals surface area contributed by atoms with E-state index in [1.165, 1.54) is 17.2 Å². The normalized spacial score (nSPS) is 21.5. The molecular formula is C21H21F3N4O3. The van der Waals surface area contributed by atoms with E-state index in [1.807, 2.05) is 12.1 Å². The number of aromatic nitrogens is 2. The highest BCUT2D eigenvalue weighted by Gasteiger charge is 2.44. The molecule has 0 aromatic carbocycles. The molecule has 2 aliphatic heterocycles. The van der Waals surface area contributed by atoms with Crippen LogP contribution in [0.2, 0.25) is 0 Å². The summed E-state index contributed by atoms with van der Waals surface area (Å²) in [6.07, 6.45) is 2.70. The highest BCUT2D eigenvalue weighted by molar-refractivity contribution is 5.84. The lowest BCUT2D eigenvalue weighted by Gasteiger charge is -2.33. The Bertz CT molecular complexity index is 1010. The van der Waals surface area contributed by atoms with Crippen LogP contribution in [0.5, 0.6) is 0 Å². The van der Waals surface area contributed by atoms with Crippen LogP contribution in [0.15, 0.2) is 52.9 Å². The number of alkyl halides is 3. The van der Waals surface area contributed by atoms with Crippen molar-refractivity contribution in [1.82, 2.24) is 14.9 Å². The van der Waals surface area contributed by atoms with E-state index in [0.717, 1.165) is 37.7 Å². The van der Waals surface area contributed by atoms with Crippen LogP contribution >= 0.6 is 0 Å². The van der Waals surface area contributed by atoms with E-state index in [2.05, 4.69) is 21.8 Å². The molecule has 1 unspecified atom stereocenters. The van der Waals surface area contributed by atoms with Crippen LogP contribution in [0.3, 0.4) is 0 Å². The highest BCUT2D eigenvalue weighted by Crippen LogP contribution is 2.41. The van der Waals surface area contributed by atoms with Crippen molar-refractivity contribution < 1.29 is 27.5 Å². The van der Waals surface area contributed by atoms with Crippen LogP contribution in [-0.4, -0.2) is 45.2 Å². The summed E-state index contributed by atoms with van der Waals surface area (Å²) in [6.45, 7) is 4.16. The van der Waals surface area contributed by atoms with Gasteiger partial charge >= 0.3 is 12.1 Å². The third-order valence-corrected chi connectivity index (χ3v) is 5.40. The number of rotatable bonds is 5. The van der Waals surface area contributed by atoms with E-state index in [9.17, 15) is 18.0 Å². The van der Waals surface area contributed by atoms with Gasteiger partial charge in [0.2, 0.25) is 5.89 Å². The molecule has 7 nitrogen and oxygen atoms in total. The van der Waals surface area contributed by atoms with Crippen molar-refractivity contribution >= 4 is 11.8 Å². The summed E-state index contributed by atoms with van der Waals surface area (Å²) in [6, 6.07) is 2.29. The number of pyridine rings is 1. The highest BCUT2D eigenvalue weighted by atomic mass is 19.4. The molecule has 0 amide bonds. The molecule has 0 saturated carbocycles. The first-order chi connectivity index (χ1) is 14.7. The number of carboxylic acids is 1. The summed E-state index contributed by atoms with van der Waals surface area (Å²) in [4.78, 5) is 22.9. The second-order valence-electron chi connectivity index (χ2n) is 7.78. The molecule has 2 atom stereocenters. The molecule has 2 aromatic rings. The second-order valence-corrected chi connectivity index (χ2v) is 7.78. The standard InChI is InChI=1S/C21H21F3N4O3/c1-13-6-8-27(10-13)17-5-4-14(9-25-17)11-28-7-2-3-15(21(22,23)24)18(28)19-26-16(12-31-19)20(29)30/h2-5,7,9,12-13,18H,6,8,10-11H2,1H3,(H,29,30)/t13-,18?/m0/s1. The third kappa shape index (κ3) is 4.42. The fourth-order valence-corrected chi connectivity index (χ4v) is 3.84. The number of carbonyl (C=O) groups is 1. The summed E-state index contributed by atoms with van der Waals surface area (Å²) in [7, 11) is 0. The quantitative estimate of drug-likeness (QED) is 0.756. The van der Waals surface area contributed by atoms with E-state index in [-0.39, 0.29) is 12.4 Å². The summed E-state index contributed by atoms with van der Waals surface area (Å²) < 4.78 is 46.2. The Balaban J connectivity index is 1.58. The maximum Gasteiger partial charge on any atom is 0.415 e. The lowest BCUT2D eigenvalue weighted by Crippen LogP contribution is -2.33. The molecule has 1 fully saturated rings. The van der Waals surface area contributed by atoms with Gasteiger partial charge in [0.1, 0.15) is 18.1 Å². The van der Waals surface area contributed by atoms with Gasteiger partial charge in [0, 0.05) is 32.0 Å². The van der Waals surface area contributed by atoms with Crippen molar-refractivity contribution in [2.24, 2.45) is 5.92 Å². The molecule has 0 radical (unpaired) electrons. The zero-order chi connectivity index (χ0) is 22.2. The lowest BCUT2D eigenvalue weighted by atomic mass is 10.0. The zero-order valence-corrected chi connectivity index (χ0v) is 16.7. The van der Waals surface area contributed by atoms with Crippen LogP contribution in [0, 0.1) is 5.92 Å². The first-order valence-corrected chi connectivity index (χ1v) is 9.82. The molecule has 31 heavy (non-hydrogen) atoms. The van der Waals surface area contributed by atoms with Crippen molar-refractivity contribution in [3.05, 3.63) is 65.7 Å². The summed E-state index contributed by atoms with van der Waals surface area (Å²) in [5.74, 6) is -0.263. The van der Waals surface area contributed by atoms with Gasteiger partial charge in [-0.05, 0) is 30.0 Å². The van der Waals surface area contributed by atoms with Crippen molar-refractivity contribution in [2.45, 2.75) is 32.1 Å². The summed E-state index contributed by atoms with van der Waals surface area (Å²) in [5, 5.41) is 9.06. The minimum absolute atomic E-state index is 0.114. The average molecular weight is 434 g/mol. The predicted molar refractivity (Wildman–Crippen MR) is 105 cm³/mol. The monoisotopic (exact) mass is 434 g/mol. The Hall–Kier alpha value is -3.30. The minimum Gasteiger partial charge on any atom is -0.476 e. The van der Waals surface area contributed by atoms with Gasteiger partial charge in [0.25, 0.3) is 0 Å². The fourth-order valence-electron chi connectivity index (χ4n) is 3.84. The van der Waals surface area contributed by atoms with Crippen molar-refractivity contribution in [3.63, 3.8) is 0 Å². The van der Waals surface area contributed by atoms with Crippen molar-refractivity contribution in [2.75, 3.05) is 18.0 Å². The summed E-state index contributed by atoms with van der Waals surface area (Å²) >= 11 is 0. The number of nitrogens with zero attached hydrogens (tertiary/aromatic N) is 4. The number of allylic oxidation sites excluding steroid dienone is 2. The van der Waals surface area contributed by atoms with Crippen molar-refractivity contribution in [3.8, 4) is 0 Å². The third-order valence-electron chi connectivity index (χ3n) is 5.40. The largest absolute Gasteiger partial charge is 0.476 e. The Kier molecular flexibility index (Phi) is 5.47. The van der Waals surface area contributed by atoms with E-state index in [0.29, 0.717) is 11.5 Å². The SMILES string of the molecule is C[C@H]1CCN(c2ccc(CN3C=CC=C(C(F)(F)F)C3c3nc(C(=O)O)co3)cn2)C1. The van der Waals surface area contributed by atoms with Crippen LogP contribution < -0.4 is 4.90 Å². The number of aromatic carboxylic acids is 1. The molecule has 2 aliphatic rings. The van der Waals surface area contributed by atoms with Crippen molar-refractivity contribution in [1.29, 1.82) is 0 Å². The predicted octanol–water partition coefficient (Wildman–Crippen LogP) is 4.17. The molecule has 1 saturated heterocycles. The zero-order valence-electron chi connectivity index (χ0n) is 16.7. The van der Waals surface area contributed by atoms with Crippen LogP contribution in [0.1, 0.15) is 41.3 Å². The number of hydrogen-bond acceptors (Lipinski definition) is 6. The molecule has 0 bridgehead atoms. The van der Waals surface area contributed by atoms with Gasteiger partial charge in [-0.1, -0.05) is 19.1 Å². The Morgan fingerprint density at radius 3 is 2.74 bits per heavy atom. The molecule has 0 aliphatic carbocycles. The molecule has 4 heterocycles. The fraction of sp³-hybridized carbons (Fsp3) is 0.381. The molecule has 164 valence electrons. The first kappa shape index (κ1) is 21.0. The lowest BCUT2D eigenvalue weighted by molar-refractivity contribution is -0.102. The van der Waals surface area contributed by atoms with E-state index >= 15 is 0 Å². The Labute approximate surface area is 176 Å². The first-order valence-electron chi connectivity index (χ1n) is 9.82. The van der Waals surface area contributed by atoms with E-state index < -0.39 is 29.5 Å². The van der Waals surface area contributed by atoms with Gasteiger partial charge < -0.3 is 19.3 Å². The topological polar surface area (TPSA) is 82.7 Å². The van der Waals surface area contributed by atoms with Crippen LogP contribution in [0.25, 0.3) is 0 Å². The Morgan fingerprint density at radius 2 is 2.16 bits per heavy atom. The van der Waals surface area contributed by atoms with Gasteiger partial charge in [-0.15, -0.1) is 0 Å². The molecule has 2 aromatic heterocycles. The number of carboxylic acid groups (broad SMARTS) is 1.